The first-order valence-electron chi connectivity index (χ1n) is 32.1. The lowest BCUT2D eigenvalue weighted by Crippen LogP contribution is -2.60. The number of benzene rings is 2. The van der Waals surface area contributed by atoms with Crippen LogP contribution in [0.25, 0.3) is 0 Å². The largest absolute Gasteiger partial charge is 0.480 e. The van der Waals surface area contributed by atoms with Crippen molar-refractivity contribution in [3.63, 3.8) is 0 Å². The molecule has 0 saturated carbocycles. The minimum atomic E-state index is -1.65. The highest BCUT2D eigenvalue weighted by Gasteiger charge is 2.42. The van der Waals surface area contributed by atoms with Gasteiger partial charge in [0.25, 0.3) is 0 Å². The van der Waals surface area contributed by atoms with E-state index in [1.54, 1.807) is 80.8 Å². The molecule has 2 aromatic rings. The lowest BCUT2D eigenvalue weighted by atomic mass is 10.0. The summed E-state index contributed by atoms with van der Waals surface area (Å²) in [6.07, 6.45) is 2.86. The fourth-order valence-corrected chi connectivity index (χ4v) is 11.5. The van der Waals surface area contributed by atoms with Crippen LogP contribution in [-0.2, 0) is 75.2 Å². The number of likely N-dealkylation sites (tertiary alicyclic amines) is 2. The predicted molar refractivity (Wildman–Crippen MR) is 354 cm³/mol. The average Bonchev–Trinajstić information content (AvgIpc) is 1.74. The number of rotatable bonds is 42. The Morgan fingerprint density at radius 2 is 1.03 bits per heavy atom. The number of guanidine groups is 1. The molecule has 4 rings (SSSR count). The molecule has 0 aromatic heterocycles. The SMILES string of the molecule is CSCC[C@H](NC(=O)[C@H](CC(C)C)NC(=O)CNC(=O)[C@@H](Cc1ccccc1)NC(=O)[C@H](Cc1ccccc1)NC(=O)[C@@H](CCC(N)=O)NC(=O)[C@H](CCC(N)=O)NC(=O)[C@@H]1CCCN1C(=O)[C@@H](CCCCN)NC(=O)[C@H]1CCCN1C(=O)[C@@H](N)CCCN=C(N)N)C(=O)O. The molecule has 12 amide bonds. The lowest BCUT2D eigenvalue weighted by molar-refractivity contribution is -0.144. The highest BCUT2D eigenvalue weighted by atomic mass is 32.2. The van der Waals surface area contributed by atoms with Gasteiger partial charge in [0.2, 0.25) is 70.9 Å². The third-order valence-corrected chi connectivity index (χ3v) is 16.6. The van der Waals surface area contributed by atoms with Crippen molar-refractivity contribution in [3.8, 4) is 0 Å². The second kappa shape index (κ2) is 41.0. The van der Waals surface area contributed by atoms with Gasteiger partial charge in [-0.05, 0) is 119 Å². The minimum absolute atomic E-state index is 0.0706. The van der Waals surface area contributed by atoms with E-state index in [0.717, 1.165) is 0 Å². The number of carboxylic acid groups (broad SMARTS) is 1. The number of nitrogens with zero attached hydrogens (tertiary/aromatic N) is 3. The Labute approximate surface area is 557 Å². The van der Waals surface area contributed by atoms with Crippen molar-refractivity contribution in [1.29, 1.82) is 0 Å². The van der Waals surface area contributed by atoms with Crippen molar-refractivity contribution in [1.82, 2.24) is 52.3 Å². The highest BCUT2D eigenvalue weighted by molar-refractivity contribution is 7.98. The van der Waals surface area contributed by atoms with Crippen LogP contribution in [0.2, 0.25) is 0 Å². The zero-order chi connectivity index (χ0) is 70.1. The smallest absolute Gasteiger partial charge is 0.326 e. The topological polar surface area (TPSA) is 513 Å². The van der Waals surface area contributed by atoms with Gasteiger partial charge in [-0.3, -0.25) is 62.5 Å². The Morgan fingerprint density at radius 3 is 1.53 bits per heavy atom. The molecule has 95 heavy (non-hydrogen) atoms. The number of amides is 12. The van der Waals surface area contributed by atoms with E-state index in [2.05, 4.69) is 47.5 Å². The first-order valence-corrected chi connectivity index (χ1v) is 33.5. The van der Waals surface area contributed by atoms with Crippen LogP contribution < -0.4 is 76.9 Å². The molecule has 10 atom stereocenters. The van der Waals surface area contributed by atoms with Gasteiger partial charge < -0.3 is 91.8 Å². The number of carboxylic acids is 1. The monoisotopic (exact) mass is 1350 g/mol. The van der Waals surface area contributed by atoms with Crippen LogP contribution in [0.1, 0.15) is 121 Å². The molecule has 0 radical (unpaired) electrons. The van der Waals surface area contributed by atoms with Crippen molar-refractivity contribution in [3.05, 3.63) is 71.8 Å². The number of carbonyl (C=O) groups excluding carboxylic acids is 12. The van der Waals surface area contributed by atoms with Gasteiger partial charge in [-0.1, -0.05) is 74.5 Å². The van der Waals surface area contributed by atoms with Crippen molar-refractivity contribution in [2.75, 3.05) is 44.7 Å². The van der Waals surface area contributed by atoms with Gasteiger partial charge in [0.05, 0.1) is 12.6 Å². The van der Waals surface area contributed by atoms with E-state index in [1.807, 2.05) is 0 Å². The molecular formula is C63H97N17O14S. The molecule has 0 unspecified atom stereocenters. The van der Waals surface area contributed by atoms with Crippen LogP contribution in [0.4, 0.5) is 0 Å². The van der Waals surface area contributed by atoms with Gasteiger partial charge in [-0.15, -0.1) is 0 Å². The number of carbonyl (C=O) groups is 13. The van der Waals surface area contributed by atoms with Crippen molar-refractivity contribution in [2.45, 2.75) is 183 Å². The summed E-state index contributed by atoms with van der Waals surface area (Å²) in [6, 6.07) is 4.12. The third-order valence-electron chi connectivity index (χ3n) is 16.0. The van der Waals surface area contributed by atoms with Gasteiger partial charge in [0.15, 0.2) is 5.96 Å². The average molecular weight is 1350 g/mol. The second-order valence-electron chi connectivity index (χ2n) is 24.1. The number of unbranched alkanes of at least 4 members (excludes halogenated alkanes) is 1. The van der Waals surface area contributed by atoms with Crippen LogP contribution >= 0.6 is 11.8 Å². The molecule has 0 bridgehead atoms. The summed E-state index contributed by atoms with van der Waals surface area (Å²) in [7, 11) is 0. The molecule has 2 aliphatic heterocycles. The second-order valence-corrected chi connectivity index (χ2v) is 25.0. The minimum Gasteiger partial charge on any atom is -0.480 e. The van der Waals surface area contributed by atoms with Gasteiger partial charge in [-0.25, -0.2) is 4.79 Å². The quantitative estimate of drug-likeness (QED) is 0.0178. The molecule has 2 fully saturated rings. The molecule has 32 heteroatoms. The van der Waals surface area contributed by atoms with Gasteiger partial charge in [-0.2, -0.15) is 11.8 Å². The number of primary amides is 2. The summed E-state index contributed by atoms with van der Waals surface area (Å²) < 4.78 is 0. The van der Waals surface area contributed by atoms with E-state index < -0.39 is 170 Å². The Kier molecular flexibility index (Phi) is 33.9. The van der Waals surface area contributed by atoms with Crippen molar-refractivity contribution >= 4 is 94.6 Å². The first kappa shape index (κ1) is 78.5. The Morgan fingerprint density at radius 1 is 0.558 bits per heavy atom. The lowest BCUT2D eigenvalue weighted by Gasteiger charge is -2.32. The summed E-state index contributed by atoms with van der Waals surface area (Å²) in [5, 5.41) is 30.6. The Balaban J connectivity index is 1.56. The summed E-state index contributed by atoms with van der Waals surface area (Å²) in [4.78, 5) is 184. The number of aliphatic carboxylic acids is 1. The molecule has 0 spiro atoms. The first-order chi connectivity index (χ1) is 45.2. The standard InChI is InChI=1S/C63H97N17O14S/c1-37(2)33-45(56(87)76-44(62(93)94)27-32-95-3)72-52(83)36-71-53(84)46(34-38-15-6-4-7-16-38)77-57(88)47(35-39-17-8-5-9-18-39)78-55(86)41(23-25-50(66)81)73-54(85)42(24-26-51(67)82)74-58(89)49-22-14-31-80(49)61(92)43(20-10-11-28-64)75-59(90)48-21-13-30-79(48)60(91)40(65)19-12-29-70-63(68)69/h4-9,15-18,37,40-49H,10-14,19-36,64-65H2,1-3H3,(H2,66,81)(H2,67,82)(H,71,84)(H,72,83)(H,73,85)(H,74,89)(H,75,90)(H,76,87)(H,77,88)(H,78,86)(H,93,94)(H4,68,69,70)/t40-,41+,42-,43+,44-,45-,46+,47-,48+,49-/m0/s1. The number of hydrogen-bond donors (Lipinski definition) is 15. The van der Waals surface area contributed by atoms with E-state index in [1.165, 1.54) is 21.6 Å². The fraction of sp³-hybridized carbons (Fsp3) is 0.587. The normalized spacial score (nSPS) is 16.8. The molecule has 21 N–H and O–H groups in total. The van der Waals surface area contributed by atoms with E-state index in [9.17, 15) is 67.4 Å². The number of hydrogen-bond acceptors (Lipinski definition) is 17. The molecule has 524 valence electrons. The van der Waals surface area contributed by atoms with E-state index in [-0.39, 0.29) is 83.0 Å². The van der Waals surface area contributed by atoms with Gasteiger partial charge in [0.1, 0.15) is 54.4 Å². The fourth-order valence-electron chi connectivity index (χ4n) is 11.0. The third kappa shape index (κ3) is 27.5. The summed E-state index contributed by atoms with van der Waals surface area (Å²) in [5.41, 5.74) is 35.0. The number of nitrogens with two attached hydrogens (primary N) is 6. The summed E-state index contributed by atoms with van der Waals surface area (Å²) in [5.74, 6) is -10.6. The summed E-state index contributed by atoms with van der Waals surface area (Å²) in [6.45, 7) is 3.78. The maximum atomic E-state index is 14.7. The molecule has 0 aliphatic carbocycles. The number of nitrogens with one attached hydrogen (secondary N) is 8. The van der Waals surface area contributed by atoms with Crippen LogP contribution in [0, 0.1) is 5.92 Å². The van der Waals surface area contributed by atoms with Crippen LogP contribution in [-0.4, -0.2) is 203 Å². The van der Waals surface area contributed by atoms with Gasteiger partial charge in [0, 0.05) is 45.3 Å². The van der Waals surface area contributed by atoms with Crippen molar-refractivity contribution in [2.24, 2.45) is 45.3 Å². The molecular weight excluding hydrogens is 1250 g/mol. The van der Waals surface area contributed by atoms with Crippen molar-refractivity contribution < 1.29 is 67.4 Å². The predicted octanol–water partition coefficient (Wildman–Crippen LogP) is -3.11. The molecule has 2 aromatic carbocycles. The van der Waals surface area contributed by atoms with E-state index >= 15 is 0 Å². The maximum Gasteiger partial charge on any atom is 0.326 e. The molecule has 2 aliphatic rings. The Hall–Kier alpha value is -8.91. The van der Waals surface area contributed by atoms with E-state index in [4.69, 9.17) is 34.4 Å². The number of thioether (sulfide) groups is 1. The maximum absolute atomic E-state index is 14.7. The zero-order valence-corrected chi connectivity index (χ0v) is 55.2. The van der Waals surface area contributed by atoms with Gasteiger partial charge >= 0.3 is 5.97 Å². The highest BCUT2D eigenvalue weighted by Crippen LogP contribution is 2.24. The zero-order valence-electron chi connectivity index (χ0n) is 54.4. The van der Waals surface area contributed by atoms with Crippen LogP contribution in [0.5, 0.6) is 0 Å². The van der Waals surface area contributed by atoms with Crippen LogP contribution in [0.15, 0.2) is 65.7 Å². The summed E-state index contributed by atoms with van der Waals surface area (Å²) >= 11 is 1.40. The Bertz CT molecular complexity index is 2960. The van der Waals surface area contributed by atoms with Crippen LogP contribution in [0.3, 0.4) is 0 Å². The molecule has 2 saturated heterocycles. The number of aliphatic imine (C=N–C) groups is 1. The van der Waals surface area contributed by atoms with E-state index in [0.29, 0.717) is 55.4 Å². The molecule has 31 nitrogen and oxygen atoms in total. The molecule has 2 heterocycles.